The number of hydrogen-bond acceptors (Lipinski definition) is 3. The highest BCUT2D eigenvalue weighted by Crippen LogP contribution is 2.04. The second kappa shape index (κ2) is 5.99. The van der Waals surface area contributed by atoms with Crippen molar-refractivity contribution >= 4 is 0 Å². The standard InChI is InChI=1S/C9H18N2O/c1-9(2,12-3)8-11-7-5-4-6-10/h11H,4-5,7-8H2,1-3H3. The Hall–Kier alpha value is -0.590. The summed E-state index contributed by atoms with van der Waals surface area (Å²) in [5, 5.41) is 11.5. The third-order valence-electron chi connectivity index (χ3n) is 1.75. The first-order valence-electron chi connectivity index (χ1n) is 4.25. The van der Waals surface area contributed by atoms with Crippen molar-refractivity contribution in [1.29, 1.82) is 5.26 Å². The van der Waals surface area contributed by atoms with Gasteiger partial charge in [-0.2, -0.15) is 5.26 Å². The quantitative estimate of drug-likeness (QED) is 0.611. The van der Waals surface area contributed by atoms with E-state index in [1.807, 2.05) is 13.8 Å². The van der Waals surface area contributed by atoms with Gasteiger partial charge in [0.1, 0.15) is 0 Å². The second-order valence-electron chi connectivity index (χ2n) is 3.40. The lowest BCUT2D eigenvalue weighted by Crippen LogP contribution is -2.37. The number of nitrogens with one attached hydrogen (secondary N) is 1. The first-order valence-corrected chi connectivity index (χ1v) is 4.25. The molecule has 0 aromatic carbocycles. The monoisotopic (exact) mass is 170 g/mol. The maximum absolute atomic E-state index is 8.27. The van der Waals surface area contributed by atoms with E-state index < -0.39 is 0 Å². The molecule has 0 rings (SSSR count). The summed E-state index contributed by atoms with van der Waals surface area (Å²) in [6, 6.07) is 2.11. The van der Waals surface area contributed by atoms with Crippen LogP contribution in [0.1, 0.15) is 26.7 Å². The van der Waals surface area contributed by atoms with Crippen LogP contribution in [0.15, 0.2) is 0 Å². The summed E-state index contributed by atoms with van der Waals surface area (Å²) in [4.78, 5) is 0. The summed E-state index contributed by atoms with van der Waals surface area (Å²) in [6.45, 7) is 5.78. The summed E-state index contributed by atoms with van der Waals surface area (Å²) < 4.78 is 5.22. The molecule has 0 atom stereocenters. The molecule has 0 amide bonds. The van der Waals surface area contributed by atoms with Crippen LogP contribution in [-0.2, 0) is 4.74 Å². The topological polar surface area (TPSA) is 45.0 Å². The van der Waals surface area contributed by atoms with Crippen molar-refractivity contribution in [3.8, 4) is 6.07 Å². The Morgan fingerprint density at radius 3 is 2.67 bits per heavy atom. The Bertz CT molecular complexity index is 149. The number of nitrogens with zero attached hydrogens (tertiary/aromatic N) is 1. The lowest BCUT2D eigenvalue weighted by Gasteiger charge is -2.22. The summed E-state index contributed by atoms with van der Waals surface area (Å²) >= 11 is 0. The number of hydrogen-bond donors (Lipinski definition) is 1. The summed E-state index contributed by atoms with van der Waals surface area (Å²) in [5.74, 6) is 0. The largest absolute Gasteiger partial charge is 0.377 e. The van der Waals surface area contributed by atoms with Crippen molar-refractivity contribution in [3.05, 3.63) is 0 Å². The van der Waals surface area contributed by atoms with E-state index in [1.165, 1.54) is 0 Å². The Morgan fingerprint density at radius 1 is 1.50 bits per heavy atom. The molecule has 0 unspecified atom stereocenters. The van der Waals surface area contributed by atoms with Gasteiger partial charge in [-0.25, -0.2) is 0 Å². The van der Waals surface area contributed by atoms with E-state index in [0.29, 0.717) is 6.42 Å². The highest BCUT2D eigenvalue weighted by atomic mass is 16.5. The zero-order valence-corrected chi connectivity index (χ0v) is 8.18. The molecule has 3 heteroatoms. The number of methoxy groups -OCH3 is 1. The van der Waals surface area contributed by atoms with Gasteiger partial charge >= 0.3 is 0 Å². The van der Waals surface area contributed by atoms with Crippen LogP contribution in [0, 0.1) is 11.3 Å². The average Bonchev–Trinajstić information content (AvgIpc) is 2.04. The van der Waals surface area contributed by atoms with E-state index in [4.69, 9.17) is 10.00 Å². The maximum Gasteiger partial charge on any atom is 0.0746 e. The Labute approximate surface area is 74.7 Å². The van der Waals surface area contributed by atoms with Crippen LogP contribution in [0.25, 0.3) is 0 Å². The molecular weight excluding hydrogens is 152 g/mol. The summed E-state index contributed by atoms with van der Waals surface area (Å²) in [7, 11) is 1.71. The number of ether oxygens (including phenoxy) is 1. The van der Waals surface area contributed by atoms with E-state index in [-0.39, 0.29) is 5.60 Å². The van der Waals surface area contributed by atoms with E-state index >= 15 is 0 Å². The van der Waals surface area contributed by atoms with Crippen LogP contribution in [0.5, 0.6) is 0 Å². The third kappa shape index (κ3) is 6.14. The van der Waals surface area contributed by atoms with Gasteiger partial charge in [0.05, 0.1) is 11.7 Å². The van der Waals surface area contributed by atoms with Crippen LogP contribution < -0.4 is 5.32 Å². The molecule has 0 aromatic rings. The van der Waals surface area contributed by atoms with E-state index in [0.717, 1.165) is 19.5 Å². The molecule has 70 valence electrons. The maximum atomic E-state index is 8.27. The van der Waals surface area contributed by atoms with Crippen LogP contribution in [0.4, 0.5) is 0 Å². The van der Waals surface area contributed by atoms with Crippen molar-refractivity contribution in [1.82, 2.24) is 5.32 Å². The summed E-state index contributed by atoms with van der Waals surface area (Å²) in [5.41, 5.74) is -0.105. The minimum Gasteiger partial charge on any atom is -0.377 e. The molecule has 0 aromatic heterocycles. The number of rotatable bonds is 6. The van der Waals surface area contributed by atoms with Gasteiger partial charge in [0.15, 0.2) is 0 Å². The molecule has 0 saturated carbocycles. The molecule has 1 N–H and O–H groups in total. The van der Waals surface area contributed by atoms with Crippen LogP contribution in [0.2, 0.25) is 0 Å². The highest BCUT2D eigenvalue weighted by Gasteiger charge is 2.14. The first kappa shape index (κ1) is 11.4. The minimum absolute atomic E-state index is 0.105. The third-order valence-corrected chi connectivity index (χ3v) is 1.75. The van der Waals surface area contributed by atoms with Crippen molar-refractivity contribution < 1.29 is 4.74 Å². The second-order valence-corrected chi connectivity index (χ2v) is 3.40. The molecule has 0 bridgehead atoms. The van der Waals surface area contributed by atoms with Gasteiger partial charge in [-0.05, 0) is 26.8 Å². The van der Waals surface area contributed by atoms with Gasteiger partial charge in [0, 0.05) is 20.1 Å². The average molecular weight is 170 g/mol. The Balaban J connectivity index is 3.26. The van der Waals surface area contributed by atoms with Crippen LogP contribution in [0.3, 0.4) is 0 Å². The summed E-state index contributed by atoms with van der Waals surface area (Å²) in [6.07, 6.45) is 1.54. The Morgan fingerprint density at radius 2 is 2.17 bits per heavy atom. The van der Waals surface area contributed by atoms with Gasteiger partial charge in [-0.3, -0.25) is 0 Å². The molecule has 12 heavy (non-hydrogen) atoms. The van der Waals surface area contributed by atoms with Crippen molar-refractivity contribution in [2.24, 2.45) is 0 Å². The van der Waals surface area contributed by atoms with Crippen molar-refractivity contribution in [3.63, 3.8) is 0 Å². The Kier molecular flexibility index (Phi) is 5.69. The molecule has 0 aliphatic carbocycles. The molecule has 0 radical (unpaired) electrons. The van der Waals surface area contributed by atoms with Crippen LogP contribution in [-0.4, -0.2) is 25.8 Å². The fourth-order valence-electron chi connectivity index (χ4n) is 0.754. The molecular formula is C9H18N2O. The molecule has 0 spiro atoms. The lowest BCUT2D eigenvalue weighted by atomic mass is 10.1. The van der Waals surface area contributed by atoms with E-state index in [2.05, 4.69) is 11.4 Å². The molecule has 0 saturated heterocycles. The molecule has 0 aliphatic heterocycles. The minimum atomic E-state index is -0.105. The van der Waals surface area contributed by atoms with Gasteiger partial charge in [0.2, 0.25) is 0 Å². The lowest BCUT2D eigenvalue weighted by molar-refractivity contribution is 0.0234. The molecule has 0 aliphatic rings. The van der Waals surface area contributed by atoms with Gasteiger partial charge in [-0.15, -0.1) is 0 Å². The van der Waals surface area contributed by atoms with Gasteiger partial charge < -0.3 is 10.1 Å². The fraction of sp³-hybridized carbons (Fsp3) is 0.889. The highest BCUT2D eigenvalue weighted by molar-refractivity contribution is 4.73. The van der Waals surface area contributed by atoms with Crippen molar-refractivity contribution in [2.45, 2.75) is 32.3 Å². The molecule has 0 fully saturated rings. The van der Waals surface area contributed by atoms with Crippen LogP contribution >= 0.6 is 0 Å². The predicted molar refractivity (Wildman–Crippen MR) is 48.8 cm³/mol. The number of nitriles is 1. The zero-order valence-electron chi connectivity index (χ0n) is 8.18. The smallest absolute Gasteiger partial charge is 0.0746 e. The predicted octanol–water partition coefficient (Wildman–Crippen LogP) is 1.30. The first-order chi connectivity index (χ1) is 5.62. The SMILES string of the molecule is COC(C)(C)CNCCCC#N. The zero-order chi connectivity index (χ0) is 9.45. The normalized spacial score (nSPS) is 11.2. The van der Waals surface area contributed by atoms with E-state index in [9.17, 15) is 0 Å². The molecule has 3 nitrogen and oxygen atoms in total. The number of unbranched alkanes of at least 4 members (excludes halogenated alkanes) is 1. The van der Waals surface area contributed by atoms with E-state index in [1.54, 1.807) is 7.11 Å². The van der Waals surface area contributed by atoms with Gasteiger partial charge in [0.25, 0.3) is 0 Å². The van der Waals surface area contributed by atoms with Gasteiger partial charge in [-0.1, -0.05) is 0 Å². The fourth-order valence-corrected chi connectivity index (χ4v) is 0.754. The molecule has 0 heterocycles. The van der Waals surface area contributed by atoms with Crippen molar-refractivity contribution in [2.75, 3.05) is 20.2 Å².